The number of carbonyl (C=O) groups excluding carboxylic acids is 1. The largest absolute Gasteiger partial charge is 0.385 e. The molecule has 1 unspecified atom stereocenters. The second-order valence-electron chi connectivity index (χ2n) is 5.46. The van der Waals surface area contributed by atoms with Gasteiger partial charge in [0.25, 0.3) is 5.91 Å². The topological polar surface area (TPSA) is 54.0 Å². The third-order valence-electron chi connectivity index (χ3n) is 3.45. The summed E-state index contributed by atoms with van der Waals surface area (Å²) in [5, 5.41) is 6.41. The summed E-state index contributed by atoms with van der Waals surface area (Å²) in [5.41, 5.74) is 1.45. The van der Waals surface area contributed by atoms with Crippen LogP contribution in [0, 0.1) is 0 Å². The van der Waals surface area contributed by atoms with E-state index in [4.69, 9.17) is 0 Å². The van der Waals surface area contributed by atoms with E-state index in [0.29, 0.717) is 5.69 Å². The van der Waals surface area contributed by atoms with Crippen molar-refractivity contribution >= 4 is 11.6 Å². The van der Waals surface area contributed by atoms with Crippen LogP contribution in [0.5, 0.6) is 0 Å². The van der Waals surface area contributed by atoms with Gasteiger partial charge in [-0.1, -0.05) is 40.0 Å². The van der Waals surface area contributed by atoms with Crippen LogP contribution in [0.4, 0.5) is 5.69 Å². The lowest BCUT2D eigenvalue weighted by molar-refractivity contribution is 0.0927. The number of aromatic nitrogens is 1. The SMILES string of the molecule is CCCCC(CCC)NC(=O)c1cc(NCCC)ccn1. The molecule has 0 fully saturated rings. The summed E-state index contributed by atoms with van der Waals surface area (Å²) in [6, 6.07) is 3.98. The lowest BCUT2D eigenvalue weighted by atomic mass is 10.0. The highest BCUT2D eigenvalue weighted by molar-refractivity contribution is 5.93. The van der Waals surface area contributed by atoms with Crippen molar-refractivity contribution < 1.29 is 4.79 Å². The van der Waals surface area contributed by atoms with Gasteiger partial charge in [0.1, 0.15) is 5.69 Å². The van der Waals surface area contributed by atoms with Gasteiger partial charge < -0.3 is 10.6 Å². The molecule has 1 aromatic rings. The third kappa shape index (κ3) is 6.61. The van der Waals surface area contributed by atoms with Crippen molar-refractivity contribution in [2.24, 2.45) is 0 Å². The molecule has 0 spiro atoms. The number of carbonyl (C=O) groups is 1. The Hall–Kier alpha value is -1.58. The zero-order valence-electron chi connectivity index (χ0n) is 13.6. The molecule has 1 rings (SSSR count). The van der Waals surface area contributed by atoms with Crippen LogP contribution in [-0.2, 0) is 0 Å². The molecule has 1 amide bonds. The van der Waals surface area contributed by atoms with Gasteiger partial charge in [-0.3, -0.25) is 9.78 Å². The highest BCUT2D eigenvalue weighted by Crippen LogP contribution is 2.11. The van der Waals surface area contributed by atoms with Crippen molar-refractivity contribution in [3.05, 3.63) is 24.0 Å². The molecule has 0 aliphatic carbocycles. The predicted molar refractivity (Wildman–Crippen MR) is 88.7 cm³/mol. The fourth-order valence-electron chi connectivity index (χ4n) is 2.28. The average Bonchev–Trinajstić information content (AvgIpc) is 2.51. The molecule has 118 valence electrons. The normalized spacial score (nSPS) is 12.0. The minimum atomic E-state index is -0.0651. The maximum atomic E-state index is 12.3. The second-order valence-corrected chi connectivity index (χ2v) is 5.46. The monoisotopic (exact) mass is 291 g/mol. The second kappa shape index (κ2) is 10.2. The van der Waals surface area contributed by atoms with Crippen molar-refractivity contribution in [1.82, 2.24) is 10.3 Å². The van der Waals surface area contributed by atoms with Crippen LogP contribution in [0.3, 0.4) is 0 Å². The van der Waals surface area contributed by atoms with Gasteiger partial charge in [-0.2, -0.15) is 0 Å². The number of amides is 1. The van der Waals surface area contributed by atoms with Gasteiger partial charge in [0.05, 0.1) is 0 Å². The summed E-state index contributed by atoms with van der Waals surface area (Å²) < 4.78 is 0. The first kappa shape index (κ1) is 17.5. The van der Waals surface area contributed by atoms with E-state index in [1.807, 2.05) is 12.1 Å². The molecule has 21 heavy (non-hydrogen) atoms. The Labute approximate surface area is 128 Å². The highest BCUT2D eigenvalue weighted by Gasteiger charge is 2.14. The lowest BCUT2D eigenvalue weighted by Gasteiger charge is -2.17. The Kier molecular flexibility index (Phi) is 8.48. The van der Waals surface area contributed by atoms with E-state index in [0.717, 1.165) is 50.8 Å². The number of hydrogen-bond donors (Lipinski definition) is 2. The van der Waals surface area contributed by atoms with E-state index in [2.05, 4.69) is 36.4 Å². The van der Waals surface area contributed by atoms with Crippen LogP contribution < -0.4 is 10.6 Å². The smallest absolute Gasteiger partial charge is 0.270 e. The first-order valence-corrected chi connectivity index (χ1v) is 8.22. The first-order valence-electron chi connectivity index (χ1n) is 8.22. The number of nitrogens with zero attached hydrogens (tertiary/aromatic N) is 1. The molecular formula is C17H29N3O. The van der Waals surface area contributed by atoms with E-state index in [9.17, 15) is 4.79 Å². The zero-order valence-corrected chi connectivity index (χ0v) is 13.6. The van der Waals surface area contributed by atoms with Gasteiger partial charge in [0.15, 0.2) is 0 Å². The fraction of sp³-hybridized carbons (Fsp3) is 0.647. The number of hydrogen-bond acceptors (Lipinski definition) is 3. The first-order chi connectivity index (χ1) is 10.2. The van der Waals surface area contributed by atoms with Gasteiger partial charge in [-0.25, -0.2) is 0 Å². The summed E-state index contributed by atoms with van der Waals surface area (Å²) in [6.45, 7) is 7.35. The van der Waals surface area contributed by atoms with Gasteiger partial charge in [0.2, 0.25) is 0 Å². The minimum absolute atomic E-state index is 0.0651. The van der Waals surface area contributed by atoms with Crippen molar-refractivity contribution in [1.29, 1.82) is 0 Å². The van der Waals surface area contributed by atoms with Crippen LogP contribution in [0.15, 0.2) is 18.3 Å². The standard InChI is InChI=1S/C17H29N3O/c1-4-7-9-14(8-5-2)20-17(21)16-13-15(10-12-19-16)18-11-6-3/h10,12-14H,4-9,11H2,1-3H3,(H,18,19)(H,20,21). The van der Waals surface area contributed by atoms with E-state index in [-0.39, 0.29) is 11.9 Å². The number of nitrogens with one attached hydrogen (secondary N) is 2. The molecule has 0 aromatic carbocycles. The predicted octanol–water partition coefficient (Wildman–Crippen LogP) is 3.99. The number of pyridine rings is 1. The quantitative estimate of drug-likeness (QED) is 0.685. The Bertz CT molecular complexity index is 420. The summed E-state index contributed by atoms with van der Waals surface area (Å²) in [4.78, 5) is 16.5. The van der Waals surface area contributed by atoms with Gasteiger partial charge in [-0.15, -0.1) is 0 Å². The average molecular weight is 291 g/mol. The Morgan fingerprint density at radius 2 is 2.00 bits per heavy atom. The Balaban J connectivity index is 2.63. The van der Waals surface area contributed by atoms with Crippen LogP contribution in [0.25, 0.3) is 0 Å². The third-order valence-corrected chi connectivity index (χ3v) is 3.45. The molecule has 1 aromatic heterocycles. The van der Waals surface area contributed by atoms with E-state index in [1.165, 1.54) is 0 Å². The zero-order chi connectivity index (χ0) is 15.5. The molecule has 0 aliphatic rings. The molecular weight excluding hydrogens is 262 g/mol. The van der Waals surface area contributed by atoms with Gasteiger partial charge >= 0.3 is 0 Å². The molecule has 1 atom stereocenters. The summed E-state index contributed by atoms with van der Waals surface area (Å²) in [7, 11) is 0. The minimum Gasteiger partial charge on any atom is -0.385 e. The van der Waals surface area contributed by atoms with Crippen LogP contribution in [0.1, 0.15) is 69.8 Å². The van der Waals surface area contributed by atoms with Crippen molar-refractivity contribution in [2.45, 2.75) is 65.3 Å². The maximum Gasteiger partial charge on any atom is 0.270 e. The fourth-order valence-corrected chi connectivity index (χ4v) is 2.28. The lowest BCUT2D eigenvalue weighted by Crippen LogP contribution is -2.35. The van der Waals surface area contributed by atoms with E-state index < -0.39 is 0 Å². The van der Waals surface area contributed by atoms with E-state index in [1.54, 1.807) is 6.20 Å². The summed E-state index contributed by atoms with van der Waals surface area (Å²) in [6.07, 6.45) is 8.21. The molecule has 4 heteroatoms. The molecule has 0 bridgehead atoms. The highest BCUT2D eigenvalue weighted by atomic mass is 16.1. The molecule has 1 heterocycles. The molecule has 0 radical (unpaired) electrons. The van der Waals surface area contributed by atoms with Crippen molar-refractivity contribution in [2.75, 3.05) is 11.9 Å². The van der Waals surface area contributed by atoms with Crippen LogP contribution in [0.2, 0.25) is 0 Å². The Morgan fingerprint density at radius 1 is 1.19 bits per heavy atom. The molecule has 4 nitrogen and oxygen atoms in total. The number of rotatable bonds is 10. The van der Waals surface area contributed by atoms with Crippen molar-refractivity contribution in [3.63, 3.8) is 0 Å². The number of anilines is 1. The maximum absolute atomic E-state index is 12.3. The summed E-state index contributed by atoms with van der Waals surface area (Å²) >= 11 is 0. The molecule has 0 saturated heterocycles. The Morgan fingerprint density at radius 3 is 2.67 bits per heavy atom. The number of unbranched alkanes of at least 4 members (excludes halogenated alkanes) is 1. The molecule has 2 N–H and O–H groups in total. The van der Waals surface area contributed by atoms with Crippen LogP contribution in [-0.4, -0.2) is 23.5 Å². The van der Waals surface area contributed by atoms with E-state index >= 15 is 0 Å². The summed E-state index contributed by atoms with van der Waals surface area (Å²) in [5.74, 6) is -0.0651. The molecule has 0 aliphatic heterocycles. The van der Waals surface area contributed by atoms with Crippen LogP contribution >= 0.6 is 0 Å². The van der Waals surface area contributed by atoms with Gasteiger partial charge in [0, 0.05) is 24.5 Å². The van der Waals surface area contributed by atoms with Gasteiger partial charge in [-0.05, 0) is 31.4 Å². The molecule has 0 saturated carbocycles. The van der Waals surface area contributed by atoms with Crippen molar-refractivity contribution in [3.8, 4) is 0 Å².